The average Bonchev–Trinajstić information content (AvgIpc) is 2.74. The van der Waals surface area contributed by atoms with Gasteiger partial charge in [-0.05, 0) is 37.4 Å². The molecule has 0 saturated heterocycles. The van der Waals surface area contributed by atoms with Crippen LogP contribution >= 0.6 is 0 Å². The standard InChI is InChI=1S/C12H18N2/c1-13-12(10-5-2-3-6-10)11-7-4-8-14-9-11/h4,7-10,12-13H,2-3,5-6H2,1H3. The summed E-state index contributed by atoms with van der Waals surface area (Å²) in [5.74, 6) is 0.809. The third-order valence-electron chi connectivity index (χ3n) is 3.23. The van der Waals surface area contributed by atoms with Crippen LogP contribution in [0.5, 0.6) is 0 Å². The van der Waals surface area contributed by atoms with E-state index in [4.69, 9.17) is 0 Å². The van der Waals surface area contributed by atoms with Crippen LogP contribution in [0.4, 0.5) is 0 Å². The molecular weight excluding hydrogens is 172 g/mol. The molecule has 0 aromatic carbocycles. The molecule has 0 amide bonds. The van der Waals surface area contributed by atoms with Gasteiger partial charge < -0.3 is 5.32 Å². The molecule has 1 aromatic heterocycles. The van der Waals surface area contributed by atoms with E-state index >= 15 is 0 Å². The average molecular weight is 190 g/mol. The molecule has 0 aliphatic heterocycles. The van der Waals surface area contributed by atoms with E-state index in [9.17, 15) is 0 Å². The first-order chi connectivity index (χ1) is 6.92. The summed E-state index contributed by atoms with van der Waals surface area (Å²) >= 11 is 0. The summed E-state index contributed by atoms with van der Waals surface area (Å²) < 4.78 is 0. The van der Waals surface area contributed by atoms with Gasteiger partial charge in [-0.2, -0.15) is 0 Å². The molecule has 1 atom stereocenters. The summed E-state index contributed by atoms with van der Waals surface area (Å²) in [6, 6.07) is 4.70. The van der Waals surface area contributed by atoms with Crippen molar-refractivity contribution in [1.82, 2.24) is 10.3 Å². The van der Waals surface area contributed by atoms with Crippen molar-refractivity contribution >= 4 is 0 Å². The van der Waals surface area contributed by atoms with Crippen molar-refractivity contribution in [2.24, 2.45) is 5.92 Å². The number of hydrogen-bond acceptors (Lipinski definition) is 2. The van der Waals surface area contributed by atoms with E-state index in [1.807, 2.05) is 18.5 Å². The monoisotopic (exact) mass is 190 g/mol. The number of pyridine rings is 1. The molecular formula is C12H18N2. The zero-order valence-electron chi connectivity index (χ0n) is 8.74. The van der Waals surface area contributed by atoms with Gasteiger partial charge in [-0.15, -0.1) is 0 Å². The van der Waals surface area contributed by atoms with Gasteiger partial charge in [0.2, 0.25) is 0 Å². The smallest absolute Gasteiger partial charge is 0.0361 e. The Balaban J connectivity index is 2.12. The van der Waals surface area contributed by atoms with Gasteiger partial charge in [0.05, 0.1) is 0 Å². The molecule has 1 heterocycles. The summed E-state index contributed by atoms with van der Waals surface area (Å²) in [7, 11) is 2.05. The summed E-state index contributed by atoms with van der Waals surface area (Å²) in [5.41, 5.74) is 1.34. The van der Waals surface area contributed by atoms with Crippen molar-refractivity contribution in [1.29, 1.82) is 0 Å². The Labute approximate surface area is 85.7 Å². The van der Waals surface area contributed by atoms with Gasteiger partial charge in [0.25, 0.3) is 0 Å². The van der Waals surface area contributed by atoms with Crippen LogP contribution in [-0.2, 0) is 0 Å². The predicted molar refractivity (Wildman–Crippen MR) is 58.0 cm³/mol. The Bertz CT molecular complexity index is 265. The molecule has 2 heteroatoms. The Morgan fingerprint density at radius 1 is 1.43 bits per heavy atom. The lowest BCUT2D eigenvalue weighted by atomic mass is 9.93. The minimum absolute atomic E-state index is 0.506. The second-order valence-electron chi connectivity index (χ2n) is 4.10. The van der Waals surface area contributed by atoms with Crippen molar-refractivity contribution in [3.8, 4) is 0 Å². The topological polar surface area (TPSA) is 24.9 Å². The molecule has 0 bridgehead atoms. The minimum atomic E-state index is 0.506. The van der Waals surface area contributed by atoms with Crippen LogP contribution in [0, 0.1) is 5.92 Å². The molecule has 0 spiro atoms. The van der Waals surface area contributed by atoms with Crippen LogP contribution in [-0.4, -0.2) is 12.0 Å². The van der Waals surface area contributed by atoms with E-state index < -0.39 is 0 Å². The maximum atomic E-state index is 4.18. The molecule has 1 N–H and O–H groups in total. The van der Waals surface area contributed by atoms with Gasteiger partial charge in [0, 0.05) is 18.4 Å². The predicted octanol–water partition coefficient (Wildman–Crippen LogP) is 2.53. The highest BCUT2D eigenvalue weighted by Gasteiger charge is 2.24. The summed E-state index contributed by atoms with van der Waals surface area (Å²) in [6.45, 7) is 0. The van der Waals surface area contributed by atoms with Gasteiger partial charge >= 0.3 is 0 Å². The highest BCUT2D eigenvalue weighted by atomic mass is 14.9. The fraction of sp³-hybridized carbons (Fsp3) is 0.583. The second kappa shape index (κ2) is 4.56. The largest absolute Gasteiger partial charge is 0.313 e. The zero-order valence-corrected chi connectivity index (χ0v) is 8.74. The summed E-state index contributed by atoms with van der Waals surface area (Å²) in [6.07, 6.45) is 9.33. The van der Waals surface area contributed by atoms with Crippen molar-refractivity contribution in [2.75, 3.05) is 7.05 Å². The van der Waals surface area contributed by atoms with Gasteiger partial charge in [0.15, 0.2) is 0 Å². The van der Waals surface area contributed by atoms with E-state index in [0.717, 1.165) is 5.92 Å². The van der Waals surface area contributed by atoms with Crippen LogP contribution < -0.4 is 5.32 Å². The maximum absolute atomic E-state index is 4.18. The van der Waals surface area contributed by atoms with Gasteiger partial charge in [0.1, 0.15) is 0 Å². The normalized spacial score (nSPS) is 19.8. The van der Waals surface area contributed by atoms with E-state index in [1.165, 1.54) is 31.2 Å². The number of nitrogens with one attached hydrogen (secondary N) is 1. The molecule has 76 valence electrons. The SMILES string of the molecule is CNC(c1cccnc1)C1CCCC1. The highest BCUT2D eigenvalue weighted by molar-refractivity contribution is 5.15. The summed E-state index contributed by atoms with van der Waals surface area (Å²) in [4.78, 5) is 4.18. The first-order valence-electron chi connectivity index (χ1n) is 5.49. The van der Waals surface area contributed by atoms with Crippen LogP contribution in [0.2, 0.25) is 0 Å². The van der Waals surface area contributed by atoms with E-state index in [0.29, 0.717) is 6.04 Å². The number of rotatable bonds is 3. The molecule has 1 unspecified atom stereocenters. The van der Waals surface area contributed by atoms with Gasteiger partial charge in [-0.25, -0.2) is 0 Å². The first kappa shape index (κ1) is 9.66. The van der Waals surface area contributed by atoms with Crippen molar-refractivity contribution in [3.05, 3.63) is 30.1 Å². The minimum Gasteiger partial charge on any atom is -0.313 e. The van der Waals surface area contributed by atoms with Crippen molar-refractivity contribution in [3.63, 3.8) is 0 Å². The number of nitrogens with zero attached hydrogens (tertiary/aromatic N) is 1. The Morgan fingerprint density at radius 2 is 2.21 bits per heavy atom. The zero-order chi connectivity index (χ0) is 9.80. The molecule has 2 nitrogen and oxygen atoms in total. The first-order valence-corrected chi connectivity index (χ1v) is 5.49. The molecule has 1 aliphatic rings. The second-order valence-corrected chi connectivity index (χ2v) is 4.10. The lowest BCUT2D eigenvalue weighted by Gasteiger charge is -2.22. The molecule has 1 aliphatic carbocycles. The lowest BCUT2D eigenvalue weighted by Crippen LogP contribution is -2.23. The van der Waals surface area contributed by atoms with Gasteiger partial charge in [-0.3, -0.25) is 4.98 Å². The van der Waals surface area contributed by atoms with E-state index in [2.05, 4.69) is 23.4 Å². The maximum Gasteiger partial charge on any atom is 0.0361 e. The van der Waals surface area contributed by atoms with Crippen molar-refractivity contribution < 1.29 is 0 Å². The molecule has 0 radical (unpaired) electrons. The molecule has 1 saturated carbocycles. The Morgan fingerprint density at radius 3 is 2.79 bits per heavy atom. The van der Waals surface area contributed by atoms with E-state index in [-0.39, 0.29) is 0 Å². The number of aromatic nitrogens is 1. The highest BCUT2D eigenvalue weighted by Crippen LogP contribution is 2.34. The molecule has 2 rings (SSSR count). The van der Waals surface area contributed by atoms with Gasteiger partial charge in [-0.1, -0.05) is 18.9 Å². The molecule has 1 fully saturated rings. The summed E-state index contributed by atoms with van der Waals surface area (Å²) in [5, 5.41) is 3.42. The van der Waals surface area contributed by atoms with Crippen LogP contribution in [0.1, 0.15) is 37.3 Å². The van der Waals surface area contributed by atoms with Crippen LogP contribution in [0.15, 0.2) is 24.5 Å². The lowest BCUT2D eigenvalue weighted by molar-refractivity contribution is 0.389. The fourth-order valence-corrected chi connectivity index (χ4v) is 2.53. The molecule has 1 aromatic rings. The van der Waals surface area contributed by atoms with Crippen LogP contribution in [0.3, 0.4) is 0 Å². The fourth-order valence-electron chi connectivity index (χ4n) is 2.53. The third-order valence-corrected chi connectivity index (χ3v) is 3.23. The Kier molecular flexibility index (Phi) is 3.14. The van der Waals surface area contributed by atoms with E-state index in [1.54, 1.807) is 0 Å². The quantitative estimate of drug-likeness (QED) is 0.792. The van der Waals surface area contributed by atoms with Crippen molar-refractivity contribution in [2.45, 2.75) is 31.7 Å². The number of hydrogen-bond donors (Lipinski definition) is 1. The third kappa shape index (κ3) is 1.95. The Hall–Kier alpha value is -0.890. The molecule has 14 heavy (non-hydrogen) atoms. The van der Waals surface area contributed by atoms with Crippen LogP contribution in [0.25, 0.3) is 0 Å².